The lowest BCUT2D eigenvalue weighted by atomic mass is 9.47. The van der Waals surface area contributed by atoms with Crippen molar-refractivity contribution in [2.24, 2.45) is 110 Å². The first-order valence-corrected chi connectivity index (χ1v) is 59.7. The lowest BCUT2D eigenvalue weighted by Crippen LogP contribution is -2.59. The van der Waals surface area contributed by atoms with Crippen molar-refractivity contribution >= 4 is 47.6 Å². The molecule has 34 nitrogen and oxygen atoms in total. The van der Waals surface area contributed by atoms with Crippen LogP contribution in [0.2, 0.25) is 0 Å². The summed E-state index contributed by atoms with van der Waals surface area (Å²) in [7, 11) is 0. The summed E-state index contributed by atoms with van der Waals surface area (Å²) in [6.07, 6.45) is 43.4. The molecule has 149 heavy (non-hydrogen) atoms. The van der Waals surface area contributed by atoms with Crippen molar-refractivity contribution in [1.82, 2.24) is 94.3 Å². The number of hydrogen-bond donors (Lipinski definition) is 17. The molecule has 6 fully saturated rings. The highest BCUT2D eigenvalue weighted by Crippen LogP contribution is 2.69. The number of ether oxygens (including phenoxy) is 5. The summed E-state index contributed by atoms with van der Waals surface area (Å²) >= 11 is 0. The van der Waals surface area contributed by atoms with Crippen LogP contribution in [0.25, 0.3) is 0 Å². The van der Waals surface area contributed by atoms with Gasteiger partial charge in [-0.05, 0) is 371 Å². The molecule has 8 aliphatic rings. The summed E-state index contributed by atoms with van der Waals surface area (Å²) in [4.78, 5) is 111. The highest BCUT2D eigenvalue weighted by molar-refractivity contribution is 5.92. The van der Waals surface area contributed by atoms with Crippen LogP contribution < -0.4 is 91.6 Å². The molecule has 16 atom stereocenters. The number of aryl methyl sites for hydroxylation is 1. The van der Waals surface area contributed by atoms with Crippen LogP contribution in [0.1, 0.15) is 337 Å². The summed E-state index contributed by atoms with van der Waals surface area (Å²) in [5.74, 6) is 7.29. The summed E-state index contributed by atoms with van der Waals surface area (Å²) < 4.78 is 32.8. The lowest BCUT2D eigenvalue weighted by molar-refractivity contribution is -0.124. The predicted octanol–water partition coefficient (Wildman–Crippen LogP) is 12.4. The fraction of sp³-hybridized carbons (Fsp3) is 0.878. The van der Waals surface area contributed by atoms with Gasteiger partial charge in [-0.25, -0.2) is 9.59 Å². The minimum atomic E-state index is -1.45. The zero-order valence-electron chi connectivity index (χ0n) is 94.6. The van der Waals surface area contributed by atoms with E-state index >= 15 is 0 Å². The number of nitrogens with two attached hydrogens (primary N) is 3. The van der Waals surface area contributed by atoms with Crippen LogP contribution in [-0.4, -0.2) is 289 Å². The van der Waals surface area contributed by atoms with E-state index in [1.807, 2.05) is 4.90 Å². The topological polar surface area (TPSA) is 463 Å². The van der Waals surface area contributed by atoms with Gasteiger partial charge < -0.3 is 120 Å². The van der Waals surface area contributed by atoms with Crippen molar-refractivity contribution in [2.45, 2.75) is 350 Å². The van der Waals surface area contributed by atoms with Crippen molar-refractivity contribution in [2.75, 3.05) is 203 Å². The molecule has 0 radical (unpaired) electrons. The van der Waals surface area contributed by atoms with E-state index in [0.717, 1.165) is 254 Å². The van der Waals surface area contributed by atoms with Gasteiger partial charge in [0, 0.05) is 110 Å². The minimum absolute atomic E-state index is 0.0146. The van der Waals surface area contributed by atoms with Gasteiger partial charge in [0.05, 0.1) is 45.8 Å². The summed E-state index contributed by atoms with van der Waals surface area (Å²) in [5.41, 5.74) is 19.4. The monoisotopic (exact) mass is 2090 g/mol. The molecular formula is C115H211N21O13. The molecule has 1 aromatic rings. The second-order valence-electron chi connectivity index (χ2n) is 47.5. The zero-order chi connectivity index (χ0) is 107. The molecule has 854 valence electrons. The van der Waals surface area contributed by atoms with E-state index in [-0.39, 0.29) is 156 Å². The van der Waals surface area contributed by atoms with Gasteiger partial charge in [0.1, 0.15) is 17.7 Å². The van der Waals surface area contributed by atoms with Gasteiger partial charge in [0.25, 0.3) is 5.91 Å². The van der Waals surface area contributed by atoms with E-state index in [1.165, 1.54) is 107 Å². The molecule has 0 bridgehead atoms. The van der Waals surface area contributed by atoms with Crippen LogP contribution >= 0.6 is 0 Å². The second-order valence-corrected chi connectivity index (χ2v) is 47.5. The number of nitrogens with one attached hydrogen (secondary N) is 14. The van der Waals surface area contributed by atoms with Crippen molar-refractivity contribution < 1.29 is 62.0 Å². The van der Waals surface area contributed by atoms with Crippen LogP contribution in [0.5, 0.6) is 0 Å². The number of unbranched alkanes of at least 4 members (excludes halogenated alkanes) is 3. The van der Waals surface area contributed by atoms with Crippen LogP contribution in [0.4, 0.5) is 9.59 Å². The van der Waals surface area contributed by atoms with Crippen LogP contribution in [-0.2, 0) is 54.2 Å². The maximum absolute atomic E-state index is 14.8. The van der Waals surface area contributed by atoms with E-state index in [0.29, 0.717) is 106 Å². The normalized spacial score (nSPS) is 24.8. The van der Waals surface area contributed by atoms with Gasteiger partial charge in [-0.1, -0.05) is 136 Å². The van der Waals surface area contributed by atoms with Gasteiger partial charge in [0.2, 0.25) is 29.5 Å². The van der Waals surface area contributed by atoms with E-state index in [9.17, 15) is 38.4 Å². The average molecular weight is 2100 g/mol. The molecule has 1 aromatic heterocycles. The molecule has 8 amide bonds. The number of aromatic nitrogens is 3. The molecule has 1 heterocycles. The molecule has 0 saturated heterocycles. The second kappa shape index (κ2) is 69.5. The van der Waals surface area contributed by atoms with E-state index in [2.05, 4.69) is 166 Å². The Hall–Kier alpha value is -6.54. The maximum Gasteiger partial charge on any atom is 0.407 e. The number of fused-ring (bicyclic) bond motifs is 10. The number of amides is 8. The average Bonchev–Trinajstić information content (AvgIpc) is 1.64. The van der Waals surface area contributed by atoms with Gasteiger partial charge in [0.15, 0.2) is 5.69 Å². The van der Waals surface area contributed by atoms with Gasteiger partial charge >= 0.3 is 12.2 Å². The van der Waals surface area contributed by atoms with Crippen LogP contribution in [0.3, 0.4) is 0 Å². The SMILES string of the molecule is CC(C)CCC[C@@H](C)[C@H]1CC[C@H]2[C@@H]3CC=C4C[C@@H](OC(=O)NCCNC(=O)CCN(CCCn5cc(C(=O)NC(COCCC(=O)NCCCNCCCCNCCCN)(COCCC(=O)NCCCNCCCCNCCCN)COCCC(=O)NCCCNCCCCNCCCN)nn5)CCC(=O)NCCNC(=O)O[C@H]5CC[C@@]6(C)C(=CC[C@H]7[C@@H]8CC[C@H]([C@H](C)CCCC(C)C)[C@@]8(C)CC[C@@H]76)C5)CC[C@]4(C)[C@H]3CC[C@]12C. The molecule has 9 rings (SSSR count). The fourth-order valence-corrected chi connectivity index (χ4v) is 27.0. The summed E-state index contributed by atoms with van der Waals surface area (Å²) in [6, 6.07) is 0. The smallest absolute Gasteiger partial charge is 0.407 e. The van der Waals surface area contributed by atoms with Crippen LogP contribution in [0.15, 0.2) is 29.5 Å². The number of hydrogen-bond acceptors (Lipinski definition) is 25. The Kier molecular flexibility index (Phi) is 58.7. The first kappa shape index (κ1) is 126. The quantitative estimate of drug-likeness (QED) is 0.0213. The number of allylic oxidation sites excluding steroid dienone is 2. The van der Waals surface area contributed by atoms with Gasteiger partial charge in [-0.15, -0.1) is 5.10 Å². The Labute approximate surface area is 897 Å². The Bertz CT molecular complexity index is 3790. The Morgan fingerprint density at radius 2 is 0.752 bits per heavy atom. The Balaban J connectivity index is 0.794. The predicted molar refractivity (Wildman–Crippen MR) is 594 cm³/mol. The van der Waals surface area contributed by atoms with Crippen molar-refractivity contribution in [3.63, 3.8) is 0 Å². The fourth-order valence-electron chi connectivity index (χ4n) is 27.0. The van der Waals surface area contributed by atoms with E-state index < -0.39 is 23.6 Å². The molecule has 0 spiro atoms. The van der Waals surface area contributed by atoms with Gasteiger partial charge in [-0.2, -0.15) is 0 Å². The number of nitrogens with zero attached hydrogens (tertiary/aromatic N) is 4. The number of carbonyl (C=O) groups is 8. The summed E-state index contributed by atoms with van der Waals surface area (Å²) in [6.45, 7) is 40.2. The van der Waals surface area contributed by atoms with E-state index in [4.69, 9.17) is 40.9 Å². The molecule has 0 aliphatic heterocycles. The number of alkyl carbamates (subject to hydrolysis) is 2. The molecule has 34 heteroatoms. The highest BCUT2D eigenvalue weighted by atomic mass is 16.6. The maximum atomic E-state index is 14.8. The Morgan fingerprint density at radius 1 is 0.396 bits per heavy atom. The number of carbonyl (C=O) groups excluding carboxylic acids is 8. The Morgan fingerprint density at radius 3 is 1.13 bits per heavy atom. The number of rotatable bonds is 81. The highest BCUT2D eigenvalue weighted by Gasteiger charge is 2.62. The van der Waals surface area contributed by atoms with Crippen molar-refractivity contribution in [1.29, 1.82) is 0 Å². The first-order valence-electron chi connectivity index (χ1n) is 59.7. The molecule has 8 aliphatic carbocycles. The first-order chi connectivity index (χ1) is 72.0. The minimum Gasteiger partial charge on any atom is -0.446 e. The largest absolute Gasteiger partial charge is 0.446 e. The molecule has 6 saturated carbocycles. The molecular weight excluding hydrogens is 1880 g/mol. The summed E-state index contributed by atoms with van der Waals surface area (Å²) in [5, 5.41) is 53.2. The van der Waals surface area contributed by atoms with E-state index in [1.54, 1.807) is 4.68 Å². The third-order valence-electron chi connectivity index (χ3n) is 35.5. The third kappa shape index (κ3) is 43.5. The third-order valence-corrected chi connectivity index (χ3v) is 35.5. The molecule has 0 unspecified atom stereocenters. The van der Waals surface area contributed by atoms with Gasteiger partial charge in [-0.3, -0.25) is 33.4 Å². The standard InChI is InChI=1S/C115H211N21O13/c1-86(2)26-17-28-88(5)96-34-36-98-94-32-30-90-80-92(38-47-111(90,7)100(94)40-49-113(96,98)9)148-109(143)130-71-69-128-103(137)42-75-135(76-43-104(138)129-70-72-131-110(144)149-93-39-48-112(8)91(81-93)31-33-95-99-37-35-97(89(6)29-18-27-87(3)4)114(99,10)50-41-101(95)112)73-25-74-136-82-102(133-134-136)108(142)132-115(83-145-77-44-105(139)125-66-22-63-122-57-14-11-54-119-60-19-51-116,84-146-78-45-106(140)126-67-23-64-123-58-15-12-55-120-61-20-52-117)85-147-79-46-107(141)127-68-24-65-124-59-16-13-56-121-62-21-53-118/h30-31,82,86-89,92-101,119-124H,11-29,32-81,83-85,116-118H2,1-10H3,(H,125,139)(H,126,140)(H,127,141)(H,128,137)(H,129,138)(H,130,143)(H,131,144)(H,132,142)/t88-,89-,92+,93+,94+,95+,96-,97-,98+,99+,100+,101+,111+,112+,113-,114-/m1/s1. The lowest BCUT2D eigenvalue weighted by Gasteiger charge is -2.58. The molecule has 0 aromatic carbocycles. The van der Waals surface area contributed by atoms with Crippen molar-refractivity contribution in [3.8, 4) is 0 Å². The zero-order valence-corrected chi connectivity index (χ0v) is 94.6. The van der Waals surface area contributed by atoms with Crippen LogP contribution in [0, 0.1) is 92.7 Å². The van der Waals surface area contributed by atoms with Crippen molar-refractivity contribution in [3.05, 3.63) is 35.2 Å². The molecule has 20 N–H and O–H groups in total.